The molecule has 3 rings (SSSR count). The van der Waals surface area contributed by atoms with Crippen molar-refractivity contribution in [2.75, 3.05) is 31.5 Å². The average Bonchev–Trinajstić information content (AvgIpc) is 3.30. The van der Waals surface area contributed by atoms with Gasteiger partial charge in [0.25, 0.3) is 0 Å². The molecule has 2 amide bonds. The summed E-state index contributed by atoms with van der Waals surface area (Å²) >= 11 is 0. The van der Waals surface area contributed by atoms with Crippen LogP contribution >= 0.6 is 0 Å². The van der Waals surface area contributed by atoms with Crippen LogP contribution in [0.5, 0.6) is 0 Å². The first-order valence-corrected chi connectivity index (χ1v) is 8.45. The normalized spacial score (nSPS) is 17.3. The van der Waals surface area contributed by atoms with Crippen LogP contribution in [0, 0.1) is 5.82 Å². The van der Waals surface area contributed by atoms with E-state index in [1.54, 1.807) is 11.0 Å². The highest BCUT2D eigenvalue weighted by atomic mass is 19.1. The molecule has 0 spiro atoms. The number of urea groups is 1. The second kappa shape index (κ2) is 7.56. The Balaban J connectivity index is 1.68. The summed E-state index contributed by atoms with van der Waals surface area (Å²) in [5.41, 5.74) is 0.688. The number of hydrogen-bond acceptors (Lipinski definition) is 5. The Morgan fingerprint density at radius 2 is 2.20 bits per heavy atom. The summed E-state index contributed by atoms with van der Waals surface area (Å²) in [7, 11) is 0. The van der Waals surface area contributed by atoms with Crippen LogP contribution < -0.4 is 5.32 Å². The maximum Gasteiger partial charge on any atom is 0.321 e. The fraction of sp³-hybridized carbons (Fsp3) is 0.500. The van der Waals surface area contributed by atoms with Crippen LogP contribution in [0.3, 0.4) is 0 Å². The molecule has 1 saturated heterocycles. The number of hydrogen-bond donors (Lipinski definition) is 1. The van der Waals surface area contributed by atoms with E-state index in [4.69, 9.17) is 0 Å². The number of likely N-dealkylation sites (tertiary alicyclic amines) is 1. The van der Waals surface area contributed by atoms with E-state index in [2.05, 4.69) is 39.6 Å². The summed E-state index contributed by atoms with van der Waals surface area (Å²) in [4.78, 5) is 16.6. The van der Waals surface area contributed by atoms with Crippen LogP contribution in [0.15, 0.2) is 24.5 Å². The van der Waals surface area contributed by atoms with E-state index in [0.717, 1.165) is 19.5 Å². The lowest BCUT2D eigenvalue weighted by atomic mass is 10.2. The molecule has 1 fully saturated rings. The second-order valence-corrected chi connectivity index (χ2v) is 5.96. The van der Waals surface area contributed by atoms with Gasteiger partial charge in [0.05, 0.1) is 11.4 Å². The first kappa shape index (κ1) is 17.3. The largest absolute Gasteiger partial charge is 0.323 e. The number of halogens is 1. The Hall–Kier alpha value is -2.55. The molecule has 8 nitrogen and oxygen atoms in total. The van der Waals surface area contributed by atoms with E-state index in [9.17, 15) is 9.18 Å². The molecule has 1 aliphatic heterocycles. The smallest absolute Gasteiger partial charge is 0.321 e. The van der Waals surface area contributed by atoms with Gasteiger partial charge in [-0.2, -0.15) is 0 Å². The predicted octanol–water partition coefficient (Wildman–Crippen LogP) is 1.75. The Labute approximate surface area is 145 Å². The summed E-state index contributed by atoms with van der Waals surface area (Å²) < 4.78 is 15.5. The number of carbonyl (C=O) groups excluding carboxylic acids is 1. The Morgan fingerprint density at radius 3 is 2.88 bits per heavy atom. The lowest BCUT2D eigenvalue weighted by molar-refractivity contribution is 0.202. The van der Waals surface area contributed by atoms with Gasteiger partial charge in [-0.05, 0) is 48.1 Å². The predicted molar refractivity (Wildman–Crippen MR) is 91.0 cm³/mol. The Bertz CT molecular complexity index is 717. The third-order valence-electron chi connectivity index (χ3n) is 4.58. The van der Waals surface area contributed by atoms with Crippen molar-refractivity contribution in [2.45, 2.75) is 26.3 Å². The molecule has 25 heavy (non-hydrogen) atoms. The molecule has 0 aliphatic carbocycles. The highest BCUT2D eigenvalue weighted by molar-refractivity contribution is 5.90. The minimum Gasteiger partial charge on any atom is -0.323 e. The van der Waals surface area contributed by atoms with E-state index in [0.29, 0.717) is 24.8 Å². The van der Waals surface area contributed by atoms with Gasteiger partial charge >= 0.3 is 6.03 Å². The quantitative estimate of drug-likeness (QED) is 0.891. The average molecular weight is 347 g/mol. The standard InChI is InChI=1S/C16H22FN7O/c1-3-22(4-2)13-7-8-23(10-13)16(25)19-15-9-12(5-6-14(15)17)24-11-18-20-21-24/h5-6,9,11,13H,3-4,7-8,10H2,1-2H3,(H,19,25)/t13-/m0/s1. The molecule has 2 aromatic rings. The maximum atomic E-state index is 14.1. The third-order valence-corrected chi connectivity index (χ3v) is 4.58. The highest BCUT2D eigenvalue weighted by Gasteiger charge is 2.29. The van der Waals surface area contributed by atoms with E-state index in [-0.39, 0.29) is 11.7 Å². The molecular weight excluding hydrogens is 325 g/mol. The lowest BCUT2D eigenvalue weighted by Gasteiger charge is -2.26. The van der Waals surface area contributed by atoms with Gasteiger partial charge in [0.1, 0.15) is 12.1 Å². The number of nitrogens with one attached hydrogen (secondary N) is 1. The van der Waals surface area contributed by atoms with Gasteiger partial charge in [-0.15, -0.1) is 5.10 Å². The fourth-order valence-corrected chi connectivity index (χ4v) is 3.19. The molecule has 134 valence electrons. The second-order valence-electron chi connectivity index (χ2n) is 5.96. The number of carbonyl (C=O) groups is 1. The summed E-state index contributed by atoms with van der Waals surface area (Å²) in [6.45, 7) is 7.47. The molecule has 1 aromatic carbocycles. The number of benzene rings is 1. The monoisotopic (exact) mass is 347 g/mol. The fourth-order valence-electron chi connectivity index (χ4n) is 3.19. The van der Waals surface area contributed by atoms with Crippen molar-refractivity contribution in [2.24, 2.45) is 0 Å². The van der Waals surface area contributed by atoms with Gasteiger partial charge < -0.3 is 10.2 Å². The number of tetrazole rings is 1. The van der Waals surface area contributed by atoms with Gasteiger partial charge in [-0.3, -0.25) is 4.90 Å². The van der Waals surface area contributed by atoms with Crippen molar-refractivity contribution in [1.29, 1.82) is 0 Å². The molecule has 0 radical (unpaired) electrons. The number of amides is 2. The van der Waals surface area contributed by atoms with Crippen molar-refractivity contribution < 1.29 is 9.18 Å². The molecular formula is C16H22FN7O. The molecule has 1 aromatic heterocycles. The third kappa shape index (κ3) is 3.76. The number of nitrogens with zero attached hydrogens (tertiary/aromatic N) is 6. The molecule has 1 atom stereocenters. The lowest BCUT2D eigenvalue weighted by Crippen LogP contribution is -2.39. The van der Waals surface area contributed by atoms with Gasteiger partial charge in [0, 0.05) is 19.1 Å². The van der Waals surface area contributed by atoms with E-state index >= 15 is 0 Å². The molecule has 1 aliphatic rings. The summed E-state index contributed by atoms with van der Waals surface area (Å²) in [5.74, 6) is -0.496. The number of aromatic nitrogens is 4. The van der Waals surface area contributed by atoms with Crippen LogP contribution in [-0.2, 0) is 0 Å². The van der Waals surface area contributed by atoms with Crippen molar-refractivity contribution in [3.63, 3.8) is 0 Å². The van der Waals surface area contributed by atoms with Gasteiger partial charge in [0.2, 0.25) is 0 Å². The van der Waals surface area contributed by atoms with Crippen molar-refractivity contribution in [3.8, 4) is 5.69 Å². The van der Waals surface area contributed by atoms with Crippen molar-refractivity contribution in [1.82, 2.24) is 30.0 Å². The number of anilines is 1. The van der Waals surface area contributed by atoms with E-state index < -0.39 is 5.82 Å². The van der Waals surface area contributed by atoms with Gasteiger partial charge in [0.15, 0.2) is 0 Å². The Morgan fingerprint density at radius 1 is 1.40 bits per heavy atom. The Kier molecular flexibility index (Phi) is 5.22. The van der Waals surface area contributed by atoms with Crippen LogP contribution in [0.1, 0.15) is 20.3 Å². The minimum absolute atomic E-state index is 0.115. The van der Waals surface area contributed by atoms with Gasteiger partial charge in [-0.1, -0.05) is 13.8 Å². The number of likely N-dealkylation sites (N-methyl/N-ethyl adjacent to an activating group) is 1. The molecule has 0 saturated carbocycles. The van der Waals surface area contributed by atoms with Crippen molar-refractivity contribution in [3.05, 3.63) is 30.3 Å². The molecule has 0 unspecified atom stereocenters. The number of rotatable bonds is 5. The molecule has 2 heterocycles. The van der Waals surface area contributed by atoms with Gasteiger partial charge in [-0.25, -0.2) is 13.9 Å². The van der Waals surface area contributed by atoms with E-state index in [1.165, 1.54) is 23.1 Å². The summed E-state index contributed by atoms with van der Waals surface area (Å²) in [6, 6.07) is 4.42. The van der Waals surface area contributed by atoms with E-state index in [1.807, 2.05) is 0 Å². The zero-order valence-corrected chi connectivity index (χ0v) is 14.4. The van der Waals surface area contributed by atoms with Crippen LogP contribution in [0.4, 0.5) is 14.9 Å². The molecule has 9 heteroatoms. The summed E-state index contributed by atoms with van der Waals surface area (Å²) in [6.07, 6.45) is 2.34. The van der Waals surface area contributed by atoms with Crippen LogP contribution in [-0.4, -0.2) is 68.3 Å². The minimum atomic E-state index is -0.496. The van der Waals surface area contributed by atoms with Crippen molar-refractivity contribution >= 4 is 11.7 Å². The maximum absolute atomic E-state index is 14.1. The first-order chi connectivity index (χ1) is 12.1. The zero-order chi connectivity index (χ0) is 17.8. The van der Waals surface area contributed by atoms with Crippen LogP contribution in [0.25, 0.3) is 5.69 Å². The first-order valence-electron chi connectivity index (χ1n) is 8.45. The summed E-state index contributed by atoms with van der Waals surface area (Å²) in [5, 5.41) is 13.5. The topological polar surface area (TPSA) is 79.2 Å². The van der Waals surface area contributed by atoms with Crippen LogP contribution in [0.2, 0.25) is 0 Å². The zero-order valence-electron chi connectivity index (χ0n) is 14.4. The molecule has 1 N–H and O–H groups in total. The molecule has 0 bridgehead atoms. The SMILES string of the molecule is CCN(CC)[C@H]1CCN(C(=O)Nc2cc(-n3cnnn3)ccc2F)C1. The highest BCUT2D eigenvalue weighted by Crippen LogP contribution is 2.21.